The van der Waals surface area contributed by atoms with Crippen LogP contribution in [0.25, 0.3) is 0 Å². The minimum absolute atomic E-state index is 0. The fourth-order valence-electron chi connectivity index (χ4n) is 1.68. The maximum absolute atomic E-state index is 13.5. The van der Waals surface area contributed by atoms with Crippen molar-refractivity contribution in [2.75, 3.05) is 34.4 Å². The number of guanidine groups is 1. The van der Waals surface area contributed by atoms with Crippen molar-refractivity contribution in [1.82, 2.24) is 10.6 Å². The Morgan fingerprint density at radius 3 is 2.62 bits per heavy atom. The molecule has 0 aliphatic heterocycles. The fraction of sp³-hybridized carbons (Fsp3) is 0.500. The van der Waals surface area contributed by atoms with Crippen molar-refractivity contribution in [3.05, 3.63) is 35.1 Å². The minimum Gasteiger partial charge on any atom is -0.383 e. The molecule has 5 nitrogen and oxygen atoms in total. The Morgan fingerprint density at radius 2 is 2.00 bits per heavy atom. The maximum atomic E-state index is 13.5. The number of nitrogens with zero attached hydrogens (tertiary/aromatic N) is 1. The van der Waals surface area contributed by atoms with Gasteiger partial charge >= 0.3 is 0 Å². The monoisotopic (exact) mass is 411 g/mol. The topological polar surface area (TPSA) is 54.9 Å². The summed E-state index contributed by atoms with van der Waals surface area (Å²) in [7, 11) is 4.89. The van der Waals surface area contributed by atoms with Gasteiger partial charge in [0.1, 0.15) is 5.82 Å². The van der Waals surface area contributed by atoms with E-state index in [1.54, 1.807) is 33.4 Å². The van der Waals surface area contributed by atoms with Gasteiger partial charge in [-0.1, -0.05) is 6.07 Å². The summed E-state index contributed by atoms with van der Waals surface area (Å²) in [5, 5.41) is 6.26. The van der Waals surface area contributed by atoms with Crippen LogP contribution in [0.2, 0.25) is 0 Å². The van der Waals surface area contributed by atoms with Crippen molar-refractivity contribution in [3.63, 3.8) is 0 Å². The number of aliphatic imine (C=N–C) groups is 1. The number of hydrogen-bond donors (Lipinski definition) is 2. The molecule has 0 radical (unpaired) electrons. The summed E-state index contributed by atoms with van der Waals surface area (Å²) in [4.78, 5) is 4.09. The van der Waals surface area contributed by atoms with Crippen LogP contribution < -0.4 is 10.6 Å². The lowest BCUT2D eigenvalue weighted by molar-refractivity contribution is 0.181. The highest BCUT2D eigenvalue weighted by atomic mass is 127. The zero-order valence-electron chi connectivity index (χ0n) is 12.6. The molecule has 0 spiro atoms. The highest BCUT2D eigenvalue weighted by Crippen LogP contribution is 2.11. The van der Waals surface area contributed by atoms with E-state index in [-0.39, 0.29) is 36.4 Å². The second-order valence-corrected chi connectivity index (χ2v) is 4.20. The third-order valence-electron chi connectivity index (χ3n) is 2.69. The summed E-state index contributed by atoms with van der Waals surface area (Å²) in [6.45, 7) is 2.11. The number of methoxy groups -OCH3 is 2. The fourth-order valence-corrected chi connectivity index (χ4v) is 1.68. The molecule has 0 saturated carbocycles. The molecule has 21 heavy (non-hydrogen) atoms. The number of benzene rings is 1. The molecule has 0 heterocycles. The summed E-state index contributed by atoms with van der Waals surface area (Å²) >= 11 is 0. The molecule has 1 aromatic carbocycles. The van der Waals surface area contributed by atoms with Crippen molar-refractivity contribution in [2.45, 2.75) is 13.2 Å². The predicted molar refractivity (Wildman–Crippen MR) is 92.6 cm³/mol. The van der Waals surface area contributed by atoms with Crippen LogP contribution in [0.5, 0.6) is 0 Å². The van der Waals surface area contributed by atoms with Gasteiger partial charge in [-0.3, -0.25) is 4.99 Å². The summed E-state index contributed by atoms with van der Waals surface area (Å²) < 4.78 is 23.4. The first-order chi connectivity index (χ1) is 9.71. The summed E-state index contributed by atoms with van der Waals surface area (Å²) in [6.07, 6.45) is 0. The predicted octanol–water partition coefficient (Wildman–Crippen LogP) is 1.90. The van der Waals surface area contributed by atoms with E-state index in [1.165, 1.54) is 6.07 Å². The molecule has 0 bridgehead atoms. The molecule has 0 saturated heterocycles. The Balaban J connectivity index is 0.00000400. The lowest BCUT2D eigenvalue weighted by atomic mass is 10.1. The normalized spacial score (nSPS) is 11.0. The highest BCUT2D eigenvalue weighted by Gasteiger charge is 2.04. The standard InChI is InChI=1S/C14H22FN3O2.HI/c1-16-14(17-6-7-19-2)18-9-11-4-5-13(15)12(8-11)10-20-3;/h4-5,8H,6-7,9-10H2,1-3H3,(H2,16,17,18);1H. The quantitative estimate of drug-likeness (QED) is 0.312. The van der Waals surface area contributed by atoms with Gasteiger partial charge in [0.2, 0.25) is 0 Å². The molecule has 0 aromatic heterocycles. The highest BCUT2D eigenvalue weighted by molar-refractivity contribution is 14.0. The number of ether oxygens (including phenoxy) is 2. The molecule has 7 heteroatoms. The lowest BCUT2D eigenvalue weighted by Crippen LogP contribution is -2.38. The van der Waals surface area contributed by atoms with Crippen molar-refractivity contribution in [2.24, 2.45) is 4.99 Å². The van der Waals surface area contributed by atoms with Gasteiger partial charge in [0.25, 0.3) is 0 Å². The Morgan fingerprint density at radius 1 is 1.24 bits per heavy atom. The van der Waals surface area contributed by atoms with Crippen LogP contribution in [-0.4, -0.2) is 40.4 Å². The molecule has 0 atom stereocenters. The van der Waals surface area contributed by atoms with Gasteiger partial charge in [0.05, 0.1) is 13.2 Å². The van der Waals surface area contributed by atoms with Gasteiger partial charge in [-0.25, -0.2) is 4.39 Å². The van der Waals surface area contributed by atoms with Gasteiger partial charge in [-0.2, -0.15) is 0 Å². The second-order valence-electron chi connectivity index (χ2n) is 4.20. The lowest BCUT2D eigenvalue weighted by Gasteiger charge is -2.12. The van der Waals surface area contributed by atoms with Crippen molar-refractivity contribution < 1.29 is 13.9 Å². The zero-order chi connectivity index (χ0) is 14.8. The average Bonchev–Trinajstić information content (AvgIpc) is 2.46. The second kappa shape index (κ2) is 11.7. The molecule has 0 aliphatic rings. The number of rotatable bonds is 7. The van der Waals surface area contributed by atoms with Gasteiger partial charge in [-0.15, -0.1) is 24.0 Å². The Bertz CT molecular complexity index is 444. The zero-order valence-corrected chi connectivity index (χ0v) is 14.9. The van der Waals surface area contributed by atoms with E-state index in [0.29, 0.717) is 31.2 Å². The molecule has 2 N–H and O–H groups in total. The van der Waals surface area contributed by atoms with Gasteiger partial charge < -0.3 is 20.1 Å². The molecular weight excluding hydrogens is 388 g/mol. The SMILES string of the molecule is CN=C(NCCOC)NCc1ccc(F)c(COC)c1.I. The van der Waals surface area contributed by atoms with Crippen LogP contribution in [0, 0.1) is 5.82 Å². The number of hydrogen-bond acceptors (Lipinski definition) is 3. The van der Waals surface area contributed by atoms with Crippen LogP contribution in [0.3, 0.4) is 0 Å². The third kappa shape index (κ3) is 7.58. The van der Waals surface area contributed by atoms with Gasteiger partial charge in [0, 0.05) is 39.9 Å². The Hall–Kier alpha value is -0.930. The molecule has 120 valence electrons. The molecule has 1 rings (SSSR count). The number of halogens is 2. The maximum Gasteiger partial charge on any atom is 0.191 e. The first kappa shape index (κ1) is 20.1. The summed E-state index contributed by atoms with van der Waals surface area (Å²) in [5.41, 5.74) is 1.52. The third-order valence-corrected chi connectivity index (χ3v) is 2.69. The summed E-state index contributed by atoms with van der Waals surface area (Å²) in [5.74, 6) is 0.429. The van der Waals surface area contributed by atoms with Crippen LogP contribution in [0.4, 0.5) is 4.39 Å². The minimum atomic E-state index is -0.252. The average molecular weight is 411 g/mol. The van der Waals surface area contributed by atoms with Gasteiger partial charge in [-0.05, 0) is 17.7 Å². The van der Waals surface area contributed by atoms with Crippen LogP contribution in [0.15, 0.2) is 23.2 Å². The first-order valence-corrected chi connectivity index (χ1v) is 6.41. The van der Waals surface area contributed by atoms with E-state index in [0.717, 1.165) is 5.56 Å². The summed E-state index contributed by atoms with van der Waals surface area (Å²) in [6, 6.07) is 4.98. The van der Waals surface area contributed by atoms with E-state index >= 15 is 0 Å². The molecule has 0 unspecified atom stereocenters. The van der Waals surface area contributed by atoms with Gasteiger partial charge in [0.15, 0.2) is 5.96 Å². The van der Waals surface area contributed by atoms with E-state index in [4.69, 9.17) is 9.47 Å². The molecule has 0 amide bonds. The van der Waals surface area contributed by atoms with E-state index in [2.05, 4.69) is 15.6 Å². The van der Waals surface area contributed by atoms with E-state index in [1.807, 2.05) is 0 Å². The Labute approximate surface area is 142 Å². The van der Waals surface area contributed by atoms with Crippen LogP contribution >= 0.6 is 24.0 Å². The van der Waals surface area contributed by atoms with E-state index in [9.17, 15) is 4.39 Å². The van der Waals surface area contributed by atoms with E-state index < -0.39 is 0 Å². The Kier molecular flexibility index (Phi) is 11.2. The molecule has 1 aromatic rings. The molecule has 0 aliphatic carbocycles. The van der Waals surface area contributed by atoms with Crippen molar-refractivity contribution in [1.29, 1.82) is 0 Å². The number of nitrogens with one attached hydrogen (secondary N) is 2. The van der Waals surface area contributed by atoms with Crippen molar-refractivity contribution in [3.8, 4) is 0 Å². The largest absolute Gasteiger partial charge is 0.383 e. The smallest absolute Gasteiger partial charge is 0.191 e. The van der Waals surface area contributed by atoms with Crippen molar-refractivity contribution >= 4 is 29.9 Å². The first-order valence-electron chi connectivity index (χ1n) is 6.41. The van der Waals surface area contributed by atoms with Crippen LogP contribution in [-0.2, 0) is 22.6 Å². The molecule has 0 fully saturated rings. The molecular formula is C14H23FIN3O2. The van der Waals surface area contributed by atoms with Crippen LogP contribution in [0.1, 0.15) is 11.1 Å².